The quantitative estimate of drug-likeness (QED) is 0.735. The van der Waals surface area contributed by atoms with Crippen molar-refractivity contribution in [2.45, 2.75) is 12.8 Å². The number of benzene rings is 2. The van der Waals surface area contributed by atoms with Crippen LogP contribution in [0.3, 0.4) is 0 Å². The van der Waals surface area contributed by atoms with Crippen LogP contribution >= 0.6 is 24.0 Å². The van der Waals surface area contributed by atoms with Crippen molar-refractivity contribution in [3.63, 3.8) is 0 Å². The van der Waals surface area contributed by atoms with Crippen molar-refractivity contribution in [3.8, 4) is 11.5 Å². The summed E-state index contributed by atoms with van der Waals surface area (Å²) in [6.45, 7) is 2.07. The molecule has 1 heterocycles. The van der Waals surface area contributed by atoms with Crippen LogP contribution in [-0.2, 0) is 9.53 Å². The van der Waals surface area contributed by atoms with Gasteiger partial charge in [-0.1, -0.05) is 17.7 Å². The monoisotopic (exact) mass is 410 g/mol. The van der Waals surface area contributed by atoms with E-state index in [1.165, 1.54) is 0 Å². The SMILES string of the molecule is COCC1(C(=O)Nc2ccc(Oc3cccc(Cl)c3)cc2)CCNCC1.Cl. The van der Waals surface area contributed by atoms with E-state index in [-0.39, 0.29) is 18.3 Å². The number of nitrogens with one attached hydrogen (secondary N) is 2. The summed E-state index contributed by atoms with van der Waals surface area (Å²) in [7, 11) is 1.64. The van der Waals surface area contributed by atoms with E-state index in [0.29, 0.717) is 23.1 Å². The first-order valence-corrected chi connectivity index (χ1v) is 9.04. The van der Waals surface area contributed by atoms with Gasteiger partial charge in [-0.2, -0.15) is 0 Å². The van der Waals surface area contributed by atoms with Gasteiger partial charge in [0.25, 0.3) is 0 Å². The average molecular weight is 411 g/mol. The molecular formula is C20H24Cl2N2O3. The van der Waals surface area contributed by atoms with Gasteiger partial charge < -0.3 is 20.1 Å². The minimum atomic E-state index is -0.476. The van der Waals surface area contributed by atoms with Gasteiger partial charge in [-0.15, -0.1) is 12.4 Å². The van der Waals surface area contributed by atoms with Gasteiger partial charge in [0.2, 0.25) is 5.91 Å². The Morgan fingerprint density at radius 1 is 1.15 bits per heavy atom. The molecular weight excluding hydrogens is 387 g/mol. The molecule has 1 amide bonds. The van der Waals surface area contributed by atoms with Gasteiger partial charge in [-0.3, -0.25) is 4.79 Å². The lowest BCUT2D eigenvalue weighted by molar-refractivity contribution is -0.130. The maximum atomic E-state index is 12.8. The smallest absolute Gasteiger partial charge is 0.233 e. The van der Waals surface area contributed by atoms with Crippen molar-refractivity contribution < 1.29 is 14.3 Å². The Kier molecular flexibility index (Phi) is 7.92. The van der Waals surface area contributed by atoms with Gasteiger partial charge in [0.15, 0.2) is 0 Å². The van der Waals surface area contributed by atoms with Crippen LogP contribution in [0.2, 0.25) is 5.02 Å². The van der Waals surface area contributed by atoms with Crippen molar-refractivity contribution in [1.29, 1.82) is 0 Å². The Balaban J connectivity index is 0.00000261. The molecule has 27 heavy (non-hydrogen) atoms. The van der Waals surface area contributed by atoms with E-state index in [0.717, 1.165) is 31.6 Å². The Hall–Kier alpha value is -1.79. The lowest BCUT2D eigenvalue weighted by Gasteiger charge is -2.35. The van der Waals surface area contributed by atoms with Crippen molar-refractivity contribution in [1.82, 2.24) is 5.32 Å². The van der Waals surface area contributed by atoms with E-state index in [2.05, 4.69) is 10.6 Å². The van der Waals surface area contributed by atoms with E-state index in [4.69, 9.17) is 21.1 Å². The zero-order chi connectivity index (χ0) is 18.4. The predicted octanol–water partition coefficient (Wildman–Crippen LogP) is 4.51. The maximum absolute atomic E-state index is 12.8. The summed E-state index contributed by atoms with van der Waals surface area (Å²) < 4.78 is 11.1. The Morgan fingerprint density at radius 2 is 1.85 bits per heavy atom. The van der Waals surface area contributed by atoms with E-state index in [1.54, 1.807) is 19.2 Å². The molecule has 0 bridgehead atoms. The third-order valence-electron chi connectivity index (χ3n) is 4.61. The highest BCUT2D eigenvalue weighted by molar-refractivity contribution is 6.30. The molecule has 1 aliphatic heterocycles. The van der Waals surface area contributed by atoms with Crippen LogP contribution in [0.1, 0.15) is 12.8 Å². The van der Waals surface area contributed by atoms with Gasteiger partial charge in [-0.25, -0.2) is 0 Å². The highest BCUT2D eigenvalue weighted by Crippen LogP contribution is 2.31. The molecule has 2 aromatic rings. The largest absolute Gasteiger partial charge is 0.457 e. The molecule has 0 spiro atoms. The fraction of sp³-hybridized carbons (Fsp3) is 0.350. The van der Waals surface area contributed by atoms with Crippen LogP contribution in [0.4, 0.5) is 5.69 Å². The number of rotatable bonds is 6. The zero-order valence-electron chi connectivity index (χ0n) is 15.2. The number of carbonyl (C=O) groups excluding carboxylic acids is 1. The lowest BCUT2D eigenvalue weighted by atomic mass is 9.78. The van der Waals surface area contributed by atoms with Gasteiger partial charge >= 0.3 is 0 Å². The number of anilines is 1. The van der Waals surface area contributed by atoms with Crippen LogP contribution in [-0.4, -0.2) is 32.7 Å². The molecule has 0 saturated carbocycles. The third kappa shape index (κ3) is 5.59. The number of hydrogen-bond acceptors (Lipinski definition) is 4. The van der Waals surface area contributed by atoms with Gasteiger partial charge in [0.1, 0.15) is 11.5 Å². The van der Waals surface area contributed by atoms with Crippen molar-refractivity contribution in [3.05, 3.63) is 53.6 Å². The summed E-state index contributed by atoms with van der Waals surface area (Å²) in [4.78, 5) is 12.8. The molecule has 2 N–H and O–H groups in total. The number of halogens is 2. The molecule has 0 aromatic heterocycles. The van der Waals surface area contributed by atoms with E-state index in [1.807, 2.05) is 36.4 Å². The molecule has 3 rings (SSSR count). The van der Waals surface area contributed by atoms with E-state index >= 15 is 0 Å². The van der Waals surface area contributed by atoms with Crippen LogP contribution in [0.15, 0.2) is 48.5 Å². The fourth-order valence-corrected chi connectivity index (χ4v) is 3.34. The van der Waals surface area contributed by atoms with Crippen molar-refractivity contribution >= 4 is 35.6 Å². The van der Waals surface area contributed by atoms with E-state index < -0.39 is 5.41 Å². The molecule has 2 aromatic carbocycles. The fourth-order valence-electron chi connectivity index (χ4n) is 3.16. The van der Waals surface area contributed by atoms with Gasteiger partial charge in [-0.05, 0) is 68.4 Å². The molecule has 7 heteroatoms. The highest BCUT2D eigenvalue weighted by atomic mass is 35.5. The predicted molar refractivity (Wildman–Crippen MR) is 110 cm³/mol. The standard InChI is InChI=1S/C20H23ClN2O3.ClH/c1-25-14-20(9-11-22-12-10-20)19(24)23-16-5-7-17(8-6-16)26-18-4-2-3-15(21)13-18;/h2-8,13,22H,9-12,14H2,1H3,(H,23,24);1H. The topological polar surface area (TPSA) is 59.6 Å². The summed E-state index contributed by atoms with van der Waals surface area (Å²) >= 11 is 5.96. The average Bonchev–Trinajstić information content (AvgIpc) is 2.64. The third-order valence-corrected chi connectivity index (χ3v) is 4.84. The number of hydrogen-bond donors (Lipinski definition) is 2. The lowest BCUT2D eigenvalue weighted by Crippen LogP contribution is -2.47. The van der Waals surface area contributed by atoms with Crippen LogP contribution in [0.5, 0.6) is 11.5 Å². The Bertz CT molecular complexity index is 742. The number of piperidine rings is 1. The summed E-state index contributed by atoms with van der Waals surface area (Å²) in [6.07, 6.45) is 1.53. The number of carbonyl (C=O) groups is 1. The molecule has 0 aliphatic carbocycles. The minimum absolute atomic E-state index is 0. The first-order valence-electron chi connectivity index (χ1n) is 8.66. The molecule has 146 valence electrons. The maximum Gasteiger partial charge on any atom is 0.233 e. The number of amides is 1. The minimum Gasteiger partial charge on any atom is -0.457 e. The summed E-state index contributed by atoms with van der Waals surface area (Å²) in [5.41, 5.74) is 0.262. The van der Waals surface area contributed by atoms with Crippen LogP contribution in [0, 0.1) is 5.41 Å². The summed E-state index contributed by atoms with van der Waals surface area (Å²) in [6, 6.07) is 14.5. The first kappa shape index (κ1) is 21.5. The zero-order valence-corrected chi connectivity index (χ0v) is 16.7. The van der Waals surface area contributed by atoms with E-state index in [9.17, 15) is 4.79 Å². The second-order valence-corrected chi connectivity index (χ2v) is 6.94. The highest BCUT2D eigenvalue weighted by Gasteiger charge is 2.39. The molecule has 1 fully saturated rings. The normalized spacial score (nSPS) is 15.5. The molecule has 0 unspecified atom stereocenters. The molecule has 1 saturated heterocycles. The van der Waals surface area contributed by atoms with Crippen molar-refractivity contribution in [2.75, 3.05) is 32.1 Å². The molecule has 1 aliphatic rings. The number of ether oxygens (including phenoxy) is 2. The molecule has 5 nitrogen and oxygen atoms in total. The second-order valence-electron chi connectivity index (χ2n) is 6.50. The molecule has 0 radical (unpaired) electrons. The summed E-state index contributed by atoms with van der Waals surface area (Å²) in [5, 5.41) is 6.93. The molecule has 0 atom stereocenters. The second kappa shape index (κ2) is 9.95. The van der Waals surface area contributed by atoms with Crippen LogP contribution in [0.25, 0.3) is 0 Å². The van der Waals surface area contributed by atoms with Crippen molar-refractivity contribution in [2.24, 2.45) is 5.41 Å². The summed E-state index contributed by atoms with van der Waals surface area (Å²) in [5.74, 6) is 1.35. The Morgan fingerprint density at radius 3 is 2.48 bits per heavy atom. The Labute approximate surface area is 170 Å². The first-order chi connectivity index (χ1) is 12.6. The van der Waals surface area contributed by atoms with Gasteiger partial charge in [0, 0.05) is 17.8 Å². The number of methoxy groups -OCH3 is 1. The van der Waals surface area contributed by atoms with Crippen LogP contribution < -0.4 is 15.4 Å². The van der Waals surface area contributed by atoms with Gasteiger partial charge in [0.05, 0.1) is 12.0 Å².